The number of hydrogen-bond acceptors (Lipinski definition) is 2. The fourth-order valence-corrected chi connectivity index (χ4v) is 2.41. The maximum atomic E-state index is 4.21. The molecule has 84 valence electrons. The maximum absolute atomic E-state index is 4.21. The molecule has 1 aromatic carbocycles. The van der Waals surface area contributed by atoms with Crippen molar-refractivity contribution in [2.24, 2.45) is 7.05 Å². The zero-order valence-corrected chi connectivity index (χ0v) is 11.5. The topological polar surface area (TPSA) is 29.9 Å². The van der Waals surface area contributed by atoms with E-state index in [0.717, 1.165) is 0 Å². The van der Waals surface area contributed by atoms with Crippen molar-refractivity contribution in [3.8, 4) is 0 Å². The predicted molar refractivity (Wildman–Crippen MR) is 73.3 cm³/mol. The van der Waals surface area contributed by atoms with E-state index in [9.17, 15) is 0 Å². The second-order valence-electron chi connectivity index (χ2n) is 3.66. The number of halogens is 1. The molecule has 1 unspecified atom stereocenters. The molecule has 0 radical (unpaired) electrons. The fraction of sp³-hybridized carbons (Fsp3) is 0.250. The van der Waals surface area contributed by atoms with Gasteiger partial charge in [0.1, 0.15) is 0 Å². The number of aryl methyl sites for hydroxylation is 1. The lowest BCUT2D eigenvalue weighted by atomic mass is 10.0. The third-order valence-electron chi connectivity index (χ3n) is 2.63. The van der Waals surface area contributed by atoms with Crippen LogP contribution < -0.4 is 5.32 Å². The van der Waals surface area contributed by atoms with Crippen LogP contribution in [0.25, 0.3) is 0 Å². The van der Waals surface area contributed by atoms with Crippen LogP contribution in [0, 0.1) is 3.57 Å². The normalized spacial score (nSPS) is 12.7. The average molecular weight is 327 g/mol. The molecular weight excluding hydrogens is 313 g/mol. The fourth-order valence-electron chi connectivity index (χ4n) is 1.84. The molecule has 2 aromatic rings. The summed E-state index contributed by atoms with van der Waals surface area (Å²) in [6.45, 7) is 0. The van der Waals surface area contributed by atoms with Gasteiger partial charge in [-0.2, -0.15) is 5.10 Å². The number of aromatic nitrogens is 2. The van der Waals surface area contributed by atoms with Gasteiger partial charge in [0.15, 0.2) is 0 Å². The molecule has 0 bridgehead atoms. The first-order valence-electron chi connectivity index (χ1n) is 5.13. The van der Waals surface area contributed by atoms with Gasteiger partial charge in [0, 0.05) is 16.8 Å². The van der Waals surface area contributed by atoms with E-state index in [1.54, 1.807) is 0 Å². The van der Waals surface area contributed by atoms with Crippen molar-refractivity contribution >= 4 is 22.6 Å². The van der Waals surface area contributed by atoms with Gasteiger partial charge in [-0.25, -0.2) is 0 Å². The molecule has 1 heterocycles. The van der Waals surface area contributed by atoms with Crippen molar-refractivity contribution in [3.05, 3.63) is 51.4 Å². The molecule has 1 N–H and O–H groups in total. The van der Waals surface area contributed by atoms with E-state index in [1.165, 1.54) is 14.8 Å². The van der Waals surface area contributed by atoms with Crippen molar-refractivity contribution in [2.45, 2.75) is 6.04 Å². The highest BCUT2D eigenvalue weighted by molar-refractivity contribution is 14.1. The van der Waals surface area contributed by atoms with Crippen molar-refractivity contribution in [2.75, 3.05) is 7.05 Å². The highest BCUT2D eigenvalue weighted by atomic mass is 127. The smallest absolute Gasteiger partial charge is 0.0746 e. The summed E-state index contributed by atoms with van der Waals surface area (Å²) in [5, 5.41) is 7.53. The molecule has 0 amide bonds. The quantitative estimate of drug-likeness (QED) is 0.877. The van der Waals surface area contributed by atoms with Crippen LogP contribution in [0.5, 0.6) is 0 Å². The molecular formula is C12H14IN3. The lowest BCUT2D eigenvalue weighted by Gasteiger charge is -2.17. The number of rotatable bonds is 3. The molecule has 0 spiro atoms. The number of hydrogen-bond donors (Lipinski definition) is 1. The Morgan fingerprint density at radius 1 is 1.38 bits per heavy atom. The van der Waals surface area contributed by atoms with Crippen molar-refractivity contribution in [1.29, 1.82) is 0 Å². The van der Waals surface area contributed by atoms with Crippen LogP contribution in [-0.4, -0.2) is 16.8 Å². The number of benzene rings is 1. The lowest BCUT2D eigenvalue weighted by Crippen LogP contribution is -2.20. The zero-order chi connectivity index (χ0) is 11.5. The first-order valence-corrected chi connectivity index (χ1v) is 6.21. The Hall–Kier alpha value is -0.880. The summed E-state index contributed by atoms with van der Waals surface area (Å²) in [5.41, 5.74) is 2.43. The summed E-state index contributed by atoms with van der Waals surface area (Å²) in [6, 6.07) is 10.7. The monoisotopic (exact) mass is 327 g/mol. The first kappa shape index (κ1) is 11.6. The summed E-state index contributed by atoms with van der Waals surface area (Å²) < 4.78 is 3.15. The summed E-state index contributed by atoms with van der Waals surface area (Å²) in [4.78, 5) is 0. The Balaban J connectivity index is 2.40. The highest BCUT2D eigenvalue weighted by Gasteiger charge is 2.14. The molecule has 0 fully saturated rings. The Bertz CT molecular complexity index is 479. The Labute approximate surface area is 109 Å². The predicted octanol–water partition coefficient (Wildman–Crippen LogP) is 2.33. The molecule has 1 aromatic heterocycles. The van der Waals surface area contributed by atoms with Gasteiger partial charge in [0.25, 0.3) is 0 Å². The second-order valence-corrected chi connectivity index (χ2v) is 4.90. The lowest BCUT2D eigenvalue weighted by molar-refractivity contribution is 0.606. The molecule has 0 aliphatic rings. The van der Waals surface area contributed by atoms with Crippen molar-refractivity contribution in [1.82, 2.24) is 15.1 Å². The summed E-state index contributed by atoms with van der Waals surface area (Å²) >= 11 is 2.33. The Morgan fingerprint density at radius 2 is 2.19 bits per heavy atom. The van der Waals surface area contributed by atoms with Gasteiger partial charge < -0.3 is 5.32 Å². The molecule has 3 nitrogen and oxygen atoms in total. The molecule has 0 aliphatic carbocycles. The van der Waals surface area contributed by atoms with E-state index >= 15 is 0 Å². The van der Waals surface area contributed by atoms with E-state index in [-0.39, 0.29) is 6.04 Å². The van der Waals surface area contributed by atoms with E-state index in [2.05, 4.69) is 57.3 Å². The van der Waals surface area contributed by atoms with E-state index in [0.29, 0.717) is 0 Å². The van der Waals surface area contributed by atoms with Crippen LogP contribution in [0.15, 0.2) is 36.5 Å². The van der Waals surface area contributed by atoms with Crippen LogP contribution in [0.3, 0.4) is 0 Å². The standard InChI is InChI=1S/C12H14IN3/c1-14-12(11-6-7-15-16(11)2)9-4-3-5-10(13)8-9/h3-8,12,14H,1-2H3. The summed E-state index contributed by atoms with van der Waals surface area (Å²) in [5.74, 6) is 0. The van der Waals surface area contributed by atoms with Crippen LogP contribution in [0.2, 0.25) is 0 Å². The second kappa shape index (κ2) is 4.97. The third-order valence-corrected chi connectivity index (χ3v) is 3.30. The SMILES string of the molecule is CNC(c1cccc(I)c1)c1ccnn1C. The van der Waals surface area contributed by atoms with Gasteiger partial charge >= 0.3 is 0 Å². The minimum Gasteiger partial charge on any atom is -0.308 e. The summed E-state index contributed by atoms with van der Waals surface area (Å²) in [6.07, 6.45) is 1.83. The van der Waals surface area contributed by atoms with Crippen molar-refractivity contribution in [3.63, 3.8) is 0 Å². The van der Waals surface area contributed by atoms with Gasteiger partial charge in [-0.3, -0.25) is 4.68 Å². The highest BCUT2D eigenvalue weighted by Crippen LogP contribution is 2.22. The Kier molecular flexibility index (Phi) is 3.60. The van der Waals surface area contributed by atoms with E-state index in [4.69, 9.17) is 0 Å². The third kappa shape index (κ3) is 2.27. The average Bonchev–Trinajstić information content (AvgIpc) is 2.67. The molecule has 0 aliphatic heterocycles. The van der Waals surface area contributed by atoms with E-state index < -0.39 is 0 Å². The molecule has 1 atom stereocenters. The van der Waals surface area contributed by atoms with Gasteiger partial charge in [0.05, 0.1) is 11.7 Å². The molecule has 2 rings (SSSR count). The van der Waals surface area contributed by atoms with Crippen LogP contribution in [0.4, 0.5) is 0 Å². The van der Waals surface area contributed by atoms with Gasteiger partial charge in [-0.15, -0.1) is 0 Å². The molecule has 16 heavy (non-hydrogen) atoms. The first-order chi connectivity index (χ1) is 7.72. The van der Waals surface area contributed by atoms with Crippen LogP contribution >= 0.6 is 22.6 Å². The minimum absolute atomic E-state index is 0.196. The number of nitrogens with one attached hydrogen (secondary N) is 1. The van der Waals surface area contributed by atoms with Crippen LogP contribution in [0.1, 0.15) is 17.3 Å². The zero-order valence-electron chi connectivity index (χ0n) is 9.31. The largest absolute Gasteiger partial charge is 0.308 e. The summed E-state index contributed by atoms with van der Waals surface area (Å²) in [7, 11) is 3.94. The van der Waals surface area contributed by atoms with Gasteiger partial charge in [-0.05, 0) is 53.4 Å². The molecule has 4 heteroatoms. The Morgan fingerprint density at radius 3 is 2.75 bits per heavy atom. The van der Waals surface area contributed by atoms with Gasteiger partial charge in [-0.1, -0.05) is 12.1 Å². The molecule has 0 saturated carbocycles. The van der Waals surface area contributed by atoms with Gasteiger partial charge in [0.2, 0.25) is 0 Å². The van der Waals surface area contributed by atoms with Crippen molar-refractivity contribution < 1.29 is 0 Å². The maximum Gasteiger partial charge on any atom is 0.0746 e. The van der Waals surface area contributed by atoms with Crippen LogP contribution in [-0.2, 0) is 7.05 Å². The minimum atomic E-state index is 0.196. The number of nitrogens with zero attached hydrogens (tertiary/aromatic N) is 2. The molecule has 0 saturated heterocycles. The van der Waals surface area contributed by atoms with E-state index in [1.807, 2.05) is 31.0 Å².